The SMILES string of the molecule is CC(C)C(O)[Si](c1ccccc1)([Si](C)(C)C)[Si](C)(C)C. The highest BCUT2D eigenvalue weighted by Crippen LogP contribution is 2.34. The van der Waals surface area contributed by atoms with E-state index in [1.54, 1.807) is 0 Å². The Hall–Kier alpha value is -0.169. The second-order valence-electron chi connectivity index (χ2n) is 8.36. The summed E-state index contributed by atoms with van der Waals surface area (Å²) in [5, 5.41) is 12.8. The van der Waals surface area contributed by atoms with Crippen molar-refractivity contribution in [3.05, 3.63) is 30.3 Å². The quantitative estimate of drug-likeness (QED) is 0.818. The van der Waals surface area contributed by atoms with Crippen molar-refractivity contribution < 1.29 is 5.11 Å². The first-order valence-electron chi connectivity index (χ1n) is 7.70. The summed E-state index contributed by atoms with van der Waals surface area (Å²) in [5.41, 5.74) is -0.122. The summed E-state index contributed by atoms with van der Waals surface area (Å²) in [6.45, 7) is 19.3. The first-order valence-corrected chi connectivity index (χ1v) is 18.8. The number of aliphatic hydroxyl groups excluding tert-OH is 1. The minimum atomic E-state index is -1.91. The van der Waals surface area contributed by atoms with Crippen LogP contribution in [0.4, 0.5) is 0 Å². The number of hydrogen-bond acceptors (Lipinski definition) is 1. The maximum Gasteiger partial charge on any atom is 0.105 e. The summed E-state index contributed by atoms with van der Waals surface area (Å²) in [6.07, 6.45) is 0. The molecule has 4 heteroatoms. The van der Waals surface area contributed by atoms with Crippen molar-refractivity contribution in [2.45, 2.75) is 58.9 Å². The maximum atomic E-state index is 11.3. The van der Waals surface area contributed by atoms with Crippen molar-refractivity contribution in [2.75, 3.05) is 0 Å². The molecule has 1 aromatic rings. The molecule has 0 fully saturated rings. The van der Waals surface area contributed by atoms with Crippen LogP contribution in [0.3, 0.4) is 0 Å². The van der Waals surface area contributed by atoms with Crippen LogP contribution >= 0.6 is 0 Å². The van der Waals surface area contributed by atoms with E-state index in [1.165, 1.54) is 5.19 Å². The smallest absolute Gasteiger partial charge is 0.105 e. The van der Waals surface area contributed by atoms with E-state index in [-0.39, 0.29) is 5.73 Å². The minimum Gasteiger partial charge on any atom is -0.396 e. The molecule has 1 N–H and O–H groups in total. The summed E-state index contributed by atoms with van der Waals surface area (Å²) in [4.78, 5) is 0. The predicted molar refractivity (Wildman–Crippen MR) is 99.4 cm³/mol. The fraction of sp³-hybridized carbons (Fsp3) is 0.625. The molecule has 0 aliphatic carbocycles. The van der Waals surface area contributed by atoms with Gasteiger partial charge in [0.15, 0.2) is 0 Å². The van der Waals surface area contributed by atoms with Crippen LogP contribution in [0.25, 0.3) is 0 Å². The monoisotopic (exact) mass is 324 g/mol. The lowest BCUT2D eigenvalue weighted by atomic mass is 10.2. The molecule has 0 aromatic heterocycles. The van der Waals surface area contributed by atoms with E-state index in [9.17, 15) is 5.11 Å². The zero-order chi connectivity index (χ0) is 15.8. The van der Waals surface area contributed by atoms with Gasteiger partial charge in [-0.2, -0.15) is 0 Å². The molecule has 1 aromatic carbocycles. The summed E-state index contributed by atoms with van der Waals surface area (Å²) < 4.78 is 0. The summed E-state index contributed by atoms with van der Waals surface area (Å²) in [5.74, 6) is 0.348. The van der Waals surface area contributed by atoms with Gasteiger partial charge in [-0.25, -0.2) is 0 Å². The third-order valence-electron chi connectivity index (χ3n) is 4.67. The van der Waals surface area contributed by atoms with Gasteiger partial charge >= 0.3 is 0 Å². The van der Waals surface area contributed by atoms with Crippen LogP contribution in [0.1, 0.15) is 13.8 Å². The van der Waals surface area contributed by atoms with E-state index in [2.05, 4.69) is 83.5 Å². The Morgan fingerprint density at radius 3 is 1.50 bits per heavy atom. The van der Waals surface area contributed by atoms with E-state index in [4.69, 9.17) is 0 Å². The standard InChI is InChI=1S/C16H32OSi3/c1-14(2)16(17)20(18(3,4)5,19(6,7)8)15-12-10-9-11-13-15/h9-14,16-17H,1-8H3. The Morgan fingerprint density at radius 2 is 1.20 bits per heavy atom. The van der Waals surface area contributed by atoms with Crippen LogP contribution in [0.15, 0.2) is 30.3 Å². The third kappa shape index (κ3) is 2.89. The van der Waals surface area contributed by atoms with Crippen LogP contribution in [0.2, 0.25) is 39.3 Å². The van der Waals surface area contributed by atoms with Gasteiger partial charge in [0.2, 0.25) is 0 Å². The zero-order valence-electron chi connectivity index (χ0n) is 14.5. The van der Waals surface area contributed by atoms with Crippen LogP contribution in [-0.4, -0.2) is 33.1 Å². The number of aliphatic hydroxyl groups is 1. The average molecular weight is 325 g/mol. The van der Waals surface area contributed by atoms with Crippen LogP contribution in [0, 0.1) is 5.92 Å². The zero-order valence-corrected chi connectivity index (χ0v) is 17.5. The number of rotatable bonds is 5. The molecule has 1 nitrogen and oxygen atoms in total. The molecule has 0 aliphatic rings. The third-order valence-corrected chi connectivity index (χ3v) is 43.4. The lowest BCUT2D eigenvalue weighted by Crippen LogP contribution is -2.84. The van der Waals surface area contributed by atoms with Gasteiger partial charge in [-0.05, 0) is 5.92 Å². The topological polar surface area (TPSA) is 20.2 Å². The van der Waals surface area contributed by atoms with Gasteiger partial charge in [0.05, 0.1) is 0 Å². The van der Waals surface area contributed by atoms with Crippen molar-refractivity contribution in [2.24, 2.45) is 5.92 Å². The lowest BCUT2D eigenvalue weighted by Gasteiger charge is -2.54. The number of benzene rings is 1. The van der Waals surface area contributed by atoms with Gasteiger partial charge in [-0.3, -0.25) is 0 Å². The van der Waals surface area contributed by atoms with Gasteiger partial charge in [-0.1, -0.05) is 88.6 Å². The molecule has 0 radical (unpaired) electrons. The van der Waals surface area contributed by atoms with E-state index >= 15 is 0 Å². The molecule has 20 heavy (non-hydrogen) atoms. The van der Waals surface area contributed by atoms with Gasteiger partial charge in [0.1, 0.15) is 7.11 Å². The Balaban J connectivity index is 3.70. The highest BCUT2D eigenvalue weighted by molar-refractivity contribution is 7.73. The van der Waals surface area contributed by atoms with E-state index in [0.29, 0.717) is 5.92 Å². The van der Waals surface area contributed by atoms with Gasteiger partial charge < -0.3 is 5.11 Å². The summed E-state index contributed by atoms with van der Waals surface area (Å²) in [6, 6.07) is 11.0. The summed E-state index contributed by atoms with van der Waals surface area (Å²) >= 11 is 0. The van der Waals surface area contributed by atoms with Crippen LogP contribution in [0.5, 0.6) is 0 Å². The second-order valence-corrected chi connectivity index (χ2v) is 35.4. The van der Waals surface area contributed by atoms with Crippen molar-refractivity contribution in [3.8, 4) is 0 Å². The molecule has 0 aliphatic heterocycles. The van der Waals surface area contributed by atoms with Crippen molar-refractivity contribution in [3.63, 3.8) is 0 Å². The molecule has 114 valence electrons. The average Bonchev–Trinajstić information content (AvgIpc) is 2.27. The first-order chi connectivity index (χ1) is 8.96. The molecular weight excluding hydrogens is 292 g/mol. The maximum absolute atomic E-state index is 11.3. The number of hydrogen-bond donors (Lipinski definition) is 1. The molecule has 0 spiro atoms. The largest absolute Gasteiger partial charge is 0.396 e. The molecule has 1 unspecified atom stereocenters. The first kappa shape index (κ1) is 17.9. The molecule has 1 rings (SSSR count). The predicted octanol–water partition coefficient (Wildman–Crippen LogP) is 3.73. The highest BCUT2D eigenvalue weighted by Gasteiger charge is 2.60. The molecule has 0 saturated heterocycles. The Kier molecular flexibility index (Phi) is 5.28. The molecule has 0 heterocycles. The molecule has 0 bridgehead atoms. The van der Waals surface area contributed by atoms with Crippen molar-refractivity contribution in [1.29, 1.82) is 0 Å². The van der Waals surface area contributed by atoms with E-state index < -0.39 is 22.3 Å². The minimum absolute atomic E-state index is 0.122. The molecular formula is C16H32OSi3. The van der Waals surface area contributed by atoms with Gasteiger partial charge in [0, 0.05) is 20.9 Å². The van der Waals surface area contributed by atoms with Gasteiger partial charge in [-0.15, -0.1) is 0 Å². The van der Waals surface area contributed by atoms with Crippen molar-refractivity contribution in [1.82, 2.24) is 0 Å². The van der Waals surface area contributed by atoms with E-state index in [1.807, 2.05) is 0 Å². The molecule has 1 atom stereocenters. The van der Waals surface area contributed by atoms with Crippen LogP contribution in [-0.2, 0) is 0 Å². The summed E-state index contributed by atoms with van der Waals surface area (Å²) in [7, 11) is -4.88. The van der Waals surface area contributed by atoms with E-state index in [0.717, 1.165) is 0 Å². The lowest BCUT2D eigenvalue weighted by molar-refractivity contribution is 0.198. The Bertz CT molecular complexity index is 415. The fourth-order valence-corrected chi connectivity index (χ4v) is 52.6. The van der Waals surface area contributed by atoms with Crippen molar-refractivity contribution >= 4 is 27.5 Å². The molecule has 0 saturated carbocycles. The van der Waals surface area contributed by atoms with Crippen LogP contribution < -0.4 is 5.19 Å². The normalized spacial score (nSPS) is 15.5. The second kappa shape index (κ2) is 5.91. The Morgan fingerprint density at radius 1 is 0.800 bits per heavy atom. The molecule has 0 amide bonds. The Labute approximate surface area is 128 Å². The van der Waals surface area contributed by atoms with Gasteiger partial charge in [0.25, 0.3) is 0 Å². The highest BCUT2D eigenvalue weighted by atomic mass is 29.6. The fourth-order valence-electron chi connectivity index (χ4n) is 4.25.